The minimum absolute atomic E-state index is 0.272. The molecule has 6 heteroatoms. The van der Waals surface area contributed by atoms with Gasteiger partial charge in [0.05, 0.1) is 12.5 Å². The highest BCUT2D eigenvalue weighted by Gasteiger charge is 2.46. The van der Waals surface area contributed by atoms with Crippen LogP contribution in [0.1, 0.15) is 12.0 Å². The minimum Gasteiger partial charge on any atom is -0.374 e. The highest BCUT2D eigenvalue weighted by atomic mass is 79.9. The summed E-state index contributed by atoms with van der Waals surface area (Å²) in [4.78, 5) is 11.7. The first-order chi connectivity index (χ1) is 7.49. The Labute approximate surface area is 109 Å². The second kappa shape index (κ2) is 3.84. The van der Waals surface area contributed by atoms with Crippen LogP contribution >= 0.6 is 31.9 Å². The van der Waals surface area contributed by atoms with Crippen molar-refractivity contribution in [3.05, 3.63) is 26.6 Å². The third-order valence-corrected chi connectivity index (χ3v) is 3.51. The highest BCUT2D eigenvalue weighted by Crippen LogP contribution is 2.44. The number of amides is 1. The van der Waals surface area contributed by atoms with Gasteiger partial charge in [0.15, 0.2) is 5.60 Å². The molecule has 16 heavy (non-hydrogen) atoms. The SMILES string of the molecule is N#CCC1(O)C(=O)Nc2cc(Br)cc(Br)c21. The first kappa shape index (κ1) is 11.6. The van der Waals surface area contributed by atoms with Crippen LogP contribution in [0.4, 0.5) is 5.69 Å². The molecule has 4 nitrogen and oxygen atoms in total. The van der Waals surface area contributed by atoms with Crippen LogP contribution < -0.4 is 5.32 Å². The highest BCUT2D eigenvalue weighted by molar-refractivity contribution is 9.11. The van der Waals surface area contributed by atoms with Crippen molar-refractivity contribution in [1.29, 1.82) is 5.26 Å². The summed E-state index contributed by atoms with van der Waals surface area (Å²) < 4.78 is 1.37. The van der Waals surface area contributed by atoms with Crippen LogP contribution in [0.5, 0.6) is 0 Å². The second-order valence-electron chi connectivity index (χ2n) is 3.46. The van der Waals surface area contributed by atoms with Gasteiger partial charge >= 0.3 is 0 Å². The summed E-state index contributed by atoms with van der Waals surface area (Å²) in [5.74, 6) is -0.567. The molecule has 2 rings (SSSR count). The molecule has 1 amide bonds. The molecule has 1 aromatic carbocycles. The van der Waals surface area contributed by atoms with Crippen molar-refractivity contribution in [3.8, 4) is 6.07 Å². The molecule has 0 saturated heterocycles. The average Bonchev–Trinajstić information content (AvgIpc) is 2.38. The maximum absolute atomic E-state index is 11.7. The van der Waals surface area contributed by atoms with Gasteiger partial charge in [0, 0.05) is 20.2 Å². The number of nitrogens with zero attached hydrogens (tertiary/aromatic N) is 1. The van der Waals surface area contributed by atoms with Crippen molar-refractivity contribution in [1.82, 2.24) is 0 Å². The fourth-order valence-corrected chi connectivity index (χ4v) is 3.27. The quantitative estimate of drug-likeness (QED) is 0.820. The van der Waals surface area contributed by atoms with Crippen molar-refractivity contribution in [2.45, 2.75) is 12.0 Å². The number of aliphatic hydroxyl groups is 1. The zero-order valence-corrected chi connectivity index (χ0v) is 11.1. The Hall–Kier alpha value is -0.900. The van der Waals surface area contributed by atoms with E-state index in [0.717, 1.165) is 4.47 Å². The predicted molar refractivity (Wildman–Crippen MR) is 64.6 cm³/mol. The molecule has 0 spiro atoms. The third kappa shape index (κ3) is 1.56. The number of carbonyl (C=O) groups excluding carboxylic acids is 1. The molecule has 2 N–H and O–H groups in total. The molecule has 1 atom stereocenters. The van der Waals surface area contributed by atoms with E-state index in [1.165, 1.54) is 0 Å². The standard InChI is InChI=1S/C10H6Br2N2O2/c11-5-3-6(12)8-7(4-5)14-9(15)10(8,16)1-2-13/h3-4,16H,1H2,(H,14,15). The van der Waals surface area contributed by atoms with Crippen LogP contribution in [-0.4, -0.2) is 11.0 Å². The largest absolute Gasteiger partial charge is 0.374 e. The summed E-state index contributed by atoms with van der Waals surface area (Å²) in [6.45, 7) is 0. The van der Waals surface area contributed by atoms with E-state index in [2.05, 4.69) is 37.2 Å². The van der Waals surface area contributed by atoms with Crippen LogP contribution in [0.2, 0.25) is 0 Å². The monoisotopic (exact) mass is 344 g/mol. The van der Waals surface area contributed by atoms with Crippen LogP contribution in [0.3, 0.4) is 0 Å². The molecule has 0 aromatic heterocycles. The lowest BCUT2D eigenvalue weighted by molar-refractivity contribution is -0.133. The van der Waals surface area contributed by atoms with E-state index in [1.54, 1.807) is 12.1 Å². The zero-order chi connectivity index (χ0) is 11.9. The fourth-order valence-electron chi connectivity index (χ4n) is 1.71. The first-order valence-electron chi connectivity index (χ1n) is 4.39. The Morgan fingerprint density at radius 3 is 2.81 bits per heavy atom. The van der Waals surface area contributed by atoms with Gasteiger partial charge in [0.25, 0.3) is 5.91 Å². The lowest BCUT2D eigenvalue weighted by Crippen LogP contribution is -2.33. The van der Waals surface area contributed by atoms with E-state index >= 15 is 0 Å². The Bertz CT molecular complexity index is 524. The summed E-state index contributed by atoms with van der Waals surface area (Å²) in [6, 6.07) is 5.23. The molecule has 0 bridgehead atoms. The molecule has 1 heterocycles. The third-order valence-electron chi connectivity index (χ3n) is 2.43. The van der Waals surface area contributed by atoms with Crippen molar-refractivity contribution in [2.24, 2.45) is 0 Å². The molecule has 0 radical (unpaired) electrons. The number of hydrogen-bond acceptors (Lipinski definition) is 3. The summed E-state index contributed by atoms with van der Waals surface area (Å²) in [5, 5.41) is 21.4. The fraction of sp³-hybridized carbons (Fsp3) is 0.200. The molecule has 1 aromatic rings. The Morgan fingerprint density at radius 2 is 2.19 bits per heavy atom. The maximum atomic E-state index is 11.7. The number of anilines is 1. The topological polar surface area (TPSA) is 73.1 Å². The Balaban J connectivity index is 2.66. The van der Waals surface area contributed by atoms with Gasteiger partial charge in [-0.2, -0.15) is 5.26 Å². The van der Waals surface area contributed by atoms with Crippen LogP contribution in [0, 0.1) is 11.3 Å². The maximum Gasteiger partial charge on any atom is 0.262 e. The van der Waals surface area contributed by atoms with Crippen molar-refractivity contribution in [3.63, 3.8) is 0 Å². The van der Waals surface area contributed by atoms with E-state index in [4.69, 9.17) is 5.26 Å². The lowest BCUT2D eigenvalue weighted by Gasteiger charge is -2.18. The second-order valence-corrected chi connectivity index (χ2v) is 5.23. The van der Waals surface area contributed by atoms with E-state index in [-0.39, 0.29) is 6.42 Å². The van der Waals surface area contributed by atoms with Gasteiger partial charge in [0.1, 0.15) is 0 Å². The van der Waals surface area contributed by atoms with Crippen LogP contribution in [0.25, 0.3) is 0 Å². The predicted octanol–water partition coefficient (Wildman–Crippen LogP) is 2.26. The van der Waals surface area contributed by atoms with Gasteiger partial charge in [-0.15, -0.1) is 0 Å². The number of halogens is 2. The minimum atomic E-state index is -1.76. The molecule has 82 valence electrons. The smallest absolute Gasteiger partial charge is 0.262 e. The summed E-state index contributed by atoms with van der Waals surface area (Å²) in [6.07, 6.45) is -0.272. The van der Waals surface area contributed by atoms with E-state index in [1.807, 2.05) is 6.07 Å². The van der Waals surface area contributed by atoms with Crippen LogP contribution in [-0.2, 0) is 10.4 Å². The van der Waals surface area contributed by atoms with Gasteiger partial charge in [-0.25, -0.2) is 0 Å². The lowest BCUT2D eigenvalue weighted by atomic mass is 9.92. The van der Waals surface area contributed by atoms with Crippen molar-refractivity contribution >= 4 is 43.5 Å². The Morgan fingerprint density at radius 1 is 1.50 bits per heavy atom. The number of carbonyl (C=O) groups is 1. The molecule has 1 aliphatic rings. The van der Waals surface area contributed by atoms with E-state index in [0.29, 0.717) is 15.7 Å². The average molecular weight is 346 g/mol. The number of rotatable bonds is 1. The molecule has 1 unspecified atom stereocenters. The first-order valence-corrected chi connectivity index (χ1v) is 5.98. The normalized spacial score (nSPS) is 22.5. The van der Waals surface area contributed by atoms with Gasteiger partial charge in [0.2, 0.25) is 0 Å². The number of nitriles is 1. The zero-order valence-electron chi connectivity index (χ0n) is 7.92. The molecule has 0 saturated carbocycles. The molecular formula is C10H6Br2N2O2. The van der Waals surface area contributed by atoms with Crippen LogP contribution in [0.15, 0.2) is 21.1 Å². The number of hydrogen-bond donors (Lipinski definition) is 2. The summed E-state index contributed by atoms with van der Waals surface area (Å²) in [5.41, 5.74) is -0.824. The Kier molecular flexibility index (Phi) is 2.78. The van der Waals surface area contributed by atoms with Crippen molar-refractivity contribution < 1.29 is 9.90 Å². The van der Waals surface area contributed by atoms with Gasteiger partial charge in [-0.3, -0.25) is 4.79 Å². The molecule has 0 fully saturated rings. The number of fused-ring (bicyclic) bond motifs is 1. The summed E-state index contributed by atoms with van der Waals surface area (Å²) >= 11 is 6.56. The van der Waals surface area contributed by atoms with Gasteiger partial charge < -0.3 is 10.4 Å². The molecule has 0 aliphatic carbocycles. The number of benzene rings is 1. The van der Waals surface area contributed by atoms with E-state index < -0.39 is 11.5 Å². The van der Waals surface area contributed by atoms with E-state index in [9.17, 15) is 9.90 Å². The van der Waals surface area contributed by atoms with Crippen molar-refractivity contribution in [2.75, 3.05) is 5.32 Å². The summed E-state index contributed by atoms with van der Waals surface area (Å²) in [7, 11) is 0. The molecule has 1 aliphatic heterocycles. The van der Waals surface area contributed by atoms with Gasteiger partial charge in [-0.1, -0.05) is 31.9 Å². The molecular weight excluding hydrogens is 340 g/mol. The number of nitrogens with one attached hydrogen (secondary N) is 1. The van der Waals surface area contributed by atoms with Gasteiger partial charge in [-0.05, 0) is 12.1 Å².